The minimum absolute atomic E-state index is 0.297. The summed E-state index contributed by atoms with van der Waals surface area (Å²) in [5.41, 5.74) is 1.30. The van der Waals surface area contributed by atoms with Crippen molar-refractivity contribution < 1.29 is 5.11 Å². The monoisotopic (exact) mass is 164 g/mol. The molecule has 2 unspecified atom stereocenters. The van der Waals surface area contributed by atoms with Crippen molar-refractivity contribution >= 4 is 5.69 Å². The molecule has 1 aromatic rings. The predicted molar refractivity (Wildman–Crippen MR) is 49.9 cm³/mol. The van der Waals surface area contributed by atoms with Crippen molar-refractivity contribution in [2.24, 2.45) is 0 Å². The van der Waals surface area contributed by atoms with Crippen molar-refractivity contribution in [3.8, 4) is 0 Å². The van der Waals surface area contributed by atoms with Crippen molar-refractivity contribution in [2.45, 2.75) is 6.04 Å². The van der Waals surface area contributed by atoms with Crippen molar-refractivity contribution in [1.82, 2.24) is 4.48 Å². The van der Waals surface area contributed by atoms with Gasteiger partial charge in [0.2, 0.25) is 0 Å². The number of nitrogens with zero attached hydrogens (tertiary/aromatic N) is 1. The number of hydrogen-bond donors (Lipinski definition) is 1. The number of para-hydroxylation sites is 1. The van der Waals surface area contributed by atoms with Crippen LogP contribution in [0.3, 0.4) is 0 Å². The zero-order valence-corrected chi connectivity index (χ0v) is 7.27. The van der Waals surface area contributed by atoms with Crippen molar-refractivity contribution in [2.75, 3.05) is 20.2 Å². The standard InChI is InChI=1S/C10H14NO/c1-11(7-10(11)8-12)9-5-3-2-4-6-9/h2-6,10,12H,7-8H2,1H3/q+1. The smallest absolute Gasteiger partial charge is 0.167 e. The van der Waals surface area contributed by atoms with Crippen LogP contribution in [0, 0.1) is 0 Å². The molecule has 1 N–H and O–H groups in total. The van der Waals surface area contributed by atoms with Crippen LogP contribution in [-0.2, 0) is 0 Å². The number of benzene rings is 1. The Bertz CT molecular complexity index is 272. The van der Waals surface area contributed by atoms with Gasteiger partial charge in [-0.15, -0.1) is 0 Å². The molecule has 1 saturated heterocycles. The Labute approximate surface area is 72.6 Å². The van der Waals surface area contributed by atoms with Gasteiger partial charge in [0.15, 0.2) is 6.04 Å². The Morgan fingerprint density at radius 3 is 2.58 bits per heavy atom. The molecule has 0 spiro atoms. The largest absolute Gasteiger partial charge is 0.390 e. The number of rotatable bonds is 2. The zero-order chi connectivity index (χ0) is 8.60. The summed E-state index contributed by atoms with van der Waals surface area (Å²) in [5, 5.41) is 8.99. The van der Waals surface area contributed by atoms with Gasteiger partial charge in [-0.2, -0.15) is 0 Å². The first kappa shape index (κ1) is 7.77. The Balaban J connectivity index is 2.23. The molecule has 2 heteroatoms. The van der Waals surface area contributed by atoms with E-state index < -0.39 is 0 Å². The average Bonchev–Trinajstić information content (AvgIpc) is 2.81. The van der Waals surface area contributed by atoms with Gasteiger partial charge < -0.3 is 5.11 Å². The van der Waals surface area contributed by atoms with Crippen LogP contribution >= 0.6 is 0 Å². The maximum absolute atomic E-state index is 8.99. The van der Waals surface area contributed by atoms with Crippen molar-refractivity contribution in [1.29, 1.82) is 0 Å². The molecule has 2 nitrogen and oxygen atoms in total. The minimum Gasteiger partial charge on any atom is -0.390 e. The van der Waals surface area contributed by atoms with Crippen LogP contribution in [0.2, 0.25) is 0 Å². The highest BCUT2D eigenvalue weighted by molar-refractivity contribution is 5.48. The van der Waals surface area contributed by atoms with Gasteiger partial charge in [-0.25, -0.2) is 0 Å². The number of likely N-dealkylation sites (N-methyl/N-ethyl adjacent to an activating group) is 1. The molecule has 12 heavy (non-hydrogen) atoms. The molecule has 1 heterocycles. The molecular weight excluding hydrogens is 150 g/mol. The molecule has 0 saturated carbocycles. The summed E-state index contributed by atoms with van der Waals surface area (Å²) in [6.45, 7) is 1.37. The highest BCUT2D eigenvalue weighted by Crippen LogP contribution is 2.35. The Hall–Kier alpha value is -0.860. The third-order valence-electron chi connectivity index (χ3n) is 2.82. The van der Waals surface area contributed by atoms with Crippen molar-refractivity contribution in [3.05, 3.63) is 30.3 Å². The fourth-order valence-electron chi connectivity index (χ4n) is 1.71. The molecule has 0 amide bonds. The summed E-state index contributed by atoms with van der Waals surface area (Å²) in [6.07, 6.45) is 0. The van der Waals surface area contributed by atoms with Gasteiger partial charge in [0.05, 0.1) is 7.05 Å². The first-order chi connectivity index (χ1) is 5.77. The molecule has 2 rings (SSSR count). The fourth-order valence-corrected chi connectivity index (χ4v) is 1.71. The summed E-state index contributed by atoms with van der Waals surface area (Å²) in [7, 11) is 2.16. The van der Waals surface area contributed by atoms with E-state index >= 15 is 0 Å². The van der Waals surface area contributed by atoms with Gasteiger partial charge in [0.1, 0.15) is 18.8 Å². The van der Waals surface area contributed by atoms with Crippen LogP contribution in [0.15, 0.2) is 30.3 Å². The average molecular weight is 164 g/mol. The third-order valence-corrected chi connectivity index (χ3v) is 2.82. The summed E-state index contributed by atoms with van der Waals surface area (Å²) in [4.78, 5) is 0. The second kappa shape index (κ2) is 2.57. The molecule has 1 aliphatic heterocycles. The van der Waals surface area contributed by atoms with E-state index in [1.54, 1.807) is 0 Å². The lowest BCUT2D eigenvalue weighted by Gasteiger charge is -2.12. The lowest BCUT2D eigenvalue weighted by atomic mass is 10.3. The Morgan fingerprint density at radius 1 is 1.42 bits per heavy atom. The molecule has 2 atom stereocenters. The number of aliphatic hydroxyl groups excluding tert-OH is 1. The van der Waals surface area contributed by atoms with E-state index in [-0.39, 0.29) is 0 Å². The van der Waals surface area contributed by atoms with Crippen LogP contribution in [0.1, 0.15) is 0 Å². The van der Waals surface area contributed by atoms with Gasteiger partial charge in [0.25, 0.3) is 0 Å². The normalized spacial score (nSPS) is 33.3. The fraction of sp³-hybridized carbons (Fsp3) is 0.400. The molecule has 1 fully saturated rings. The number of hydrogen-bond acceptors (Lipinski definition) is 1. The summed E-state index contributed by atoms with van der Waals surface area (Å²) >= 11 is 0. The summed E-state index contributed by atoms with van der Waals surface area (Å²) < 4.78 is 0.900. The van der Waals surface area contributed by atoms with Crippen LogP contribution in [-0.4, -0.2) is 31.3 Å². The molecule has 0 aromatic heterocycles. The van der Waals surface area contributed by atoms with Crippen LogP contribution in [0.4, 0.5) is 5.69 Å². The van der Waals surface area contributed by atoms with E-state index in [0.717, 1.165) is 11.0 Å². The van der Waals surface area contributed by atoms with Gasteiger partial charge in [-0.1, -0.05) is 18.2 Å². The van der Waals surface area contributed by atoms with Gasteiger partial charge in [-0.05, 0) is 12.1 Å². The Morgan fingerprint density at radius 2 is 2.08 bits per heavy atom. The van der Waals surface area contributed by atoms with E-state index in [1.807, 2.05) is 18.2 Å². The minimum atomic E-state index is 0.297. The SMILES string of the molecule is C[N+]1(c2ccccc2)CC1CO. The zero-order valence-electron chi connectivity index (χ0n) is 7.27. The topological polar surface area (TPSA) is 20.2 Å². The van der Waals surface area contributed by atoms with E-state index in [9.17, 15) is 0 Å². The molecule has 1 aliphatic rings. The van der Waals surface area contributed by atoms with E-state index in [1.165, 1.54) is 5.69 Å². The highest BCUT2D eigenvalue weighted by Gasteiger charge is 2.52. The maximum Gasteiger partial charge on any atom is 0.167 e. The van der Waals surface area contributed by atoms with Crippen LogP contribution in [0.5, 0.6) is 0 Å². The summed E-state index contributed by atoms with van der Waals surface area (Å²) in [5.74, 6) is 0. The van der Waals surface area contributed by atoms with Gasteiger partial charge in [-0.3, -0.25) is 4.48 Å². The van der Waals surface area contributed by atoms with Crippen LogP contribution < -0.4 is 4.48 Å². The molecular formula is C10H14NO+. The molecule has 0 aliphatic carbocycles. The number of quaternary nitrogens is 1. The van der Waals surface area contributed by atoms with Gasteiger partial charge >= 0.3 is 0 Å². The van der Waals surface area contributed by atoms with Crippen LogP contribution in [0.25, 0.3) is 0 Å². The quantitative estimate of drug-likeness (QED) is 0.510. The molecule has 1 aromatic carbocycles. The predicted octanol–water partition coefficient (Wildman–Crippen LogP) is 0.998. The second-order valence-corrected chi connectivity index (χ2v) is 3.62. The molecule has 0 radical (unpaired) electrons. The molecule has 64 valence electrons. The van der Waals surface area contributed by atoms with Crippen molar-refractivity contribution in [3.63, 3.8) is 0 Å². The third kappa shape index (κ3) is 1.04. The van der Waals surface area contributed by atoms with Gasteiger partial charge in [0, 0.05) is 0 Å². The van der Waals surface area contributed by atoms with E-state index in [4.69, 9.17) is 5.11 Å². The lowest BCUT2D eigenvalue weighted by molar-refractivity contribution is 0.280. The Kier molecular flexibility index (Phi) is 1.67. The van der Waals surface area contributed by atoms with E-state index in [0.29, 0.717) is 12.6 Å². The molecule has 0 bridgehead atoms. The lowest BCUT2D eigenvalue weighted by Crippen LogP contribution is -2.24. The van der Waals surface area contributed by atoms with E-state index in [2.05, 4.69) is 19.2 Å². The number of aliphatic hydroxyl groups is 1. The maximum atomic E-state index is 8.99. The summed E-state index contributed by atoms with van der Waals surface area (Å²) in [6, 6.07) is 10.8. The first-order valence-electron chi connectivity index (χ1n) is 4.29. The second-order valence-electron chi connectivity index (χ2n) is 3.62. The first-order valence-corrected chi connectivity index (χ1v) is 4.29. The highest BCUT2D eigenvalue weighted by atomic mass is 16.3.